The summed E-state index contributed by atoms with van der Waals surface area (Å²) >= 11 is 6.03. The highest BCUT2D eigenvalue weighted by atomic mass is 35.5. The van der Waals surface area contributed by atoms with Gasteiger partial charge in [-0.2, -0.15) is 0 Å². The van der Waals surface area contributed by atoms with Crippen molar-refractivity contribution in [3.05, 3.63) is 70.7 Å². The van der Waals surface area contributed by atoms with Gasteiger partial charge in [-0.15, -0.1) is 0 Å². The first kappa shape index (κ1) is 14.6. The molecule has 4 heteroatoms. The zero-order chi connectivity index (χ0) is 14.4. The van der Waals surface area contributed by atoms with E-state index >= 15 is 0 Å². The Morgan fingerprint density at radius 3 is 2.40 bits per heavy atom. The fourth-order valence-electron chi connectivity index (χ4n) is 1.98. The summed E-state index contributed by atoms with van der Waals surface area (Å²) in [5.41, 5.74) is 1.65. The molecule has 0 aliphatic carbocycles. The van der Waals surface area contributed by atoms with Crippen LogP contribution >= 0.6 is 11.6 Å². The molecule has 0 spiro atoms. The van der Waals surface area contributed by atoms with Crippen LogP contribution in [0.4, 0.5) is 0 Å². The molecule has 0 aromatic heterocycles. The van der Waals surface area contributed by atoms with Crippen molar-refractivity contribution in [3.8, 4) is 0 Å². The highest BCUT2D eigenvalue weighted by molar-refractivity contribution is 6.31. The number of carbonyl (C=O) groups excluding carboxylic acids is 1. The van der Waals surface area contributed by atoms with Crippen molar-refractivity contribution in [2.75, 3.05) is 6.61 Å². The summed E-state index contributed by atoms with van der Waals surface area (Å²) in [6, 6.07) is 16.2. The highest BCUT2D eigenvalue weighted by Gasteiger charge is 2.14. The topological polar surface area (TPSA) is 49.3 Å². The van der Waals surface area contributed by atoms with Gasteiger partial charge in [-0.1, -0.05) is 60.1 Å². The molecule has 0 aliphatic rings. The van der Waals surface area contributed by atoms with Crippen molar-refractivity contribution < 1.29 is 9.90 Å². The maximum atomic E-state index is 12.0. The molecule has 0 fully saturated rings. The van der Waals surface area contributed by atoms with Gasteiger partial charge in [0.1, 0.15) is 0 Å². The van der Waals surface area contributed by atoms with Gasteiger partial charge in [0.15, 0.2) is 0 Å². The second-order valence-electron chi connectivity index (χ2n) is 4.48. The number of carbonyl (C=O) groups is 1. The molecular weight excluding hydrogens is 274 g/mol. The van der Waals surface area contributed by atoms with Gasteiger partial charge in [-0.05, 0) is 17.2 Å². The Balaban J connectivity index is 2.02. The highest BCUT2D eigenvalue weighted by Crippen LogP contribution is 2.16. The number of aliphatic hydroxyl groups excluding tert-OH is 1. The second-order valence-corrected chi connectivity index (χ2v) is 4.89. The number of benzene rings is 2. The molecule has 104 valence electrons. The van der Waals surface area contributed by atoms with Crippen LogP contribution in [0.25, 0.3) is 0 Å². The smallest absolute Gasteiger partial charge is 0.225 e. The number of amides is 1. The van der Waals surface area contributed by atoms with E-state index in [1.165, 1.54) is 0 Å². The summed E-state index contributed by atoms with van der Waals surface area (Å²) in [6.07, 6.45) is 0.197. The van der Waals surface area contributed by atoms with E-state index in [1.54, 1.807) is 6.07 Å². The summed E-state index contributed by atoms with van der Waals surface area (Å²) in [7, 11) is 0. The van der Waals surface area contributed by atoms with E-state index in [1.807, 2.05) is 48.5 Å². The van der Waals surface area contributed by atoms with Crippen LogP contribution in [0.15, 0.2) is 54.6 Å². The molecule has 0 saturated heterocycles. The minimum Gasteiger partial charge on any atom is -0.394 e. The fraction of sp³-hybridized carbons (Fsp3) is 0.188. The zero-order valence-electron chi connectivity index (χ0n) is 10.9. The molecule has 2 N–H and O–H groups in total. The first-order valence-corrected chi connectivity index (χ1v) is 6.77. The van der Waals surface area contributed by atoms with Gasteiger partial charge in [-0.3, -0.25) is 4.79 Å². The molecule has 3 nitrogen and oxygen atoms in total. The van der Waals surface area contributed by atoms with E-state index in [4.69, 9.17) is 11.6 Å². The molecule has 1 amide bonds. The average molecular weight is 290 g/mol. The number of aliphatic hydroxyl groups is 1. The molecule has 2 aromatic carbocycles. The van der Waals surface area contributed by atoms with Gasteiger partial charge in [0.05, 0.1) is 19.1 Å². The number of hydrogen-bond donors (Lipinski definition) is 2. The Morgan fingerprint density at radius 1 is 1.10 bits per heavy atom. The Labute approximate surface area is 123 Å². The number of rotatable bonds is 5. The van der Waals surface area contributed by atoms with Gasteiger partial charge in [0.25, 0.3) is 0 Å². The van der Waals surface area contributed by atoms with Crippen molar-refractivity contribution >= 4 is 17.5 Å². The lowest BCUT2D eigenvalue weighted by Gasteiger charge is -2.17. The van der Waals surface area contributed by atoms with Gasteiger partial charge < -0.3 is 10.4 Å². The van der Waals surface area contributed by atoms with Crippen LogP contribution in [0, 0.1) is 0 Å². The summed E-state index contributed by atoms with van der Waals surface area (Å²) in [6.45, 7) is -0.141. The Bertz CT molecular complexity index is 572. The third-order valence-electron chi connectivity index (χ3n) is 3.03. The van der Waals surface area contributed by atoms with Crippen LogP contribution in [0.2, 0.25) is 5.02 Å². The van der Waals surface area contributed by atoms with E-state index in [-0.39, 0.29) is 18.9 Å². The minimum absolute atomic E-state index is 0.141. The molecule has 0 radical (unpaired) electrons. The van der Waals surface area contributed by atoms with Crippen molar-refractivity contribution in [2.45, 2.75) is 12.5 Å². The molecule has 0 unspecified atom stereocenters. The lowest BCUT2D eigenvalue weighted by Crippen LogP contribution is -2.32. The third kappa shape index (κ3) is 3.83. The van der Waals surface area contributed by atoms with Crippen molar-refractivity contribution in [3.63, 3.8) is 0 Å². The first-order chi connectivity index (χ1) is 9.70. The quantitative estimate of drug-likeness (QED) is 0.889. The van der Waals surface area contributed by atoms with Gasteiger partial charge in [0.2, 0.25) is 5.91 Å². The van der Waals surface area contributed by atoms with Crippen LogP contribution in [0.3, 0.4) is 0 Å². The second kappa shape index (κ2) is 7.08. The average Bonchev–Trinajstić information content (AvgIpc) is 2.48. The molecular formula is C16H16ClNO2. The standard InChI is InChI=1S/C16H16ClNO2/c17-14-9-5-4-8-13(14)10-16(20)18-15(11-19)12-6-2-1-3-7-12/h1-9,15,19H,10-11H2,(H,18,20)/t15-/m1/s1. The molecule has 2 rings (SSSR count). The van der Waals surface area contributed by atoms with E-state index in [0.29, 0.717) is 5.02 Å². The Kier molecular flexibility index (Phi) is 5.16. The minimum atomic E-state index is -0.397. The predicted octanol–water partition coefficient (Wildman–Crippen LogP) is 2.73. The lowest BCUT2D eigenvalue weighted by atomic mass is 10.1. The van der Waals surface area contributed by atoms with Crippen molar-refractivity contribution in [1.82, 2.24) is 5.32 Å². The molecule has 0 bridgehead atoms. The third-order valence-corrected chi connectivity index (χ3v) is 3.40. The van der Waals surface area contributed by atoms with Crippen LogP contribution in [-0.2, 0) is 11.2 Å². The van der Waals surface area contributed by atoms with E-state index in [2.05, 4.69) is 5.32 Å². The molecule has 1 atom stereocenters. The summed E-state index contributed by atoms with van der Waals surface area (Å²) in [5, 5.41) is 12.8. The van der Waals surface area contributed by atoms with Gasteiger partial charge >= 0.3 is 0 Å². The Morgan fingerprint density at radius 2 is 1.75 bits per heavy atom. The fourth-order valence-corrected chi connectivity index (χ4v) is 2.18. The predicted molar refractivity (Wildman–Crippen MR) is 79.6 cm³/mol. The monoisotopic (exact) mass is 289 g/mol. The summed E-state index contributed by atoms with van der Waals surface area (Å²) < 4.78 is 0. The molecule has 0 aliphatic heterocycles. The van der Waals surface area contributed by atoms with Crippen LogP contribution in [-0.4, -0.2) is 17.6 Å². The van der Waals surface area contributed by atoms with Crippen LogP contribution in [0.5, 0.6) is 0 Å². The largest absolute Gasteiger partial charge is 0.394 e. The van der Waals surface area contributed by atoms with Crippen LogP contribution in [0.1, 0.15) is 17.2 Å². The first-order valence-electron chi connectivity index (χ1n) is 6.39. The number of hydrogen-bond acceptors (Lipinski definition) is 2. The SMILES string of the molecule is O=C(Cc1ccccc1Cl)N[C@H](CO)c1ccccc1. The summed E-state index contributed by atoms with van der Waals surface area (Å²) in [5.74, 6) is -0.166. The molecule has 0 heterocycles. The van der Waals surface area contributed by atoms with Crippen molar-refractivity contribution in [1.29, 1.82) is 0 Å². The van der Waals surface area contributed by atoms with E-state index in [0.717, 1.165) is 11.1 Å². The number of halogens is 1. The maximum absolute atomic E-state index is 12.0. The Hall–Kier alpha value is -1.84. The van der Waals surface area contributed by atoms with E-state index in [9.17, 15) is 9.90 Å². The van der Waals surface area contributed by atoms with Crippen molar-refractivity contribution in [2.24, 2.45) is 0 Å². The van der Waals surface area contributed by atoms with Crippen LogP contribution < -0.4 is 5.32 Å². The maximum Gasteiger partial charge on any atom is 0.225 e. The molecule has 0 saturated carbocycles. The van der Waals surface area contributed by atoms with Gasteiger partial charge in [0, 0.05) is 5.02 Å². The number of nitrogens with one attached hydrogen (secondary N) is 1. The van der Waals surface area contributed by atoms with Gasteiger partial charge in [-0.25, -0.2) is 0 Å². The molecule has 2 aromatic rings. The lowest BCUT2D eigenvalue weighted by molar-refractivity contribution is -0.121. The normalized spacial score (nSPS) is 11.9. The summed E-state index contributed by atoms with van der Waals surface area (Å²) in [4.78, 5) is 12.0. The zero-order valence-corrected chi connectivity index (χ0v) is 11.7. The van der Waals surface area contributed by atoms with E-state index < -0.39 is 6.04 Å². The molecule has 20 heavy (non-hydrogen) atoms.